The first-order valence-electron chi connectivity index (χ1n) is 7.76. The number of rotatable bonds is 1. The van der Waals surface area contributed by atoms with Gasteiger partial charge in [0.25, 0.3) is 0 Å². The largest absolute Gasteiger partial charge is 0.449 e. The second-order valence-corrected chi connectivity index (χ2v) is 5.89. The molecule has 0 aromatic heterocycles. The molecule has 0 bridgehead atoms. The molecule has 0 aliphatic carbocycles. The van der Waals surface area contributed by atoms with Gasteiger partial charge in [0.05, 0.1) is 6.61 Å². The van der Waals surface area contributed by atoms with Crippen LogP contribution in [-0.4, -0.2) is 56.1 Å². The highest BCUT2D eigenvalue weighted by Gasteiger charge is 2.30. The van der Waals surface area contributed by atoms with Crippen molar-refractivity contribution in [1.82, 2.24) is 15.5 Å². The van der Waals surface area contributed by atoms with Gasteiger partial charge in [0.2, 0.25) is 11.8 Å². The van der Waals surface area contributed by atoms with Crippen molar-refractivity contribution in [3.63, 3.8) is 0 Å². The summed E-state index contributed by atoms with van der Waals surface area (Å²) in [4.78, 5) is 37.6. The Morgan fingerprint density at radius 1 is 1.32 bits per heavy atom. The maximum absolute atomic E-state index is 12.3. The Kier molecular flexibility index (Phi) is 7.14. The summed E-state index contributed by atoms with van der Waals surface area (Å²) >= 11 is 0. The number of amides is 3. The minimum atomic E-state index is -0.422. The lowest BCUT2D eigenvalue weighted by molar-refractivity contribution is -0.134. The summed E-state index contributed by atoms with van der Waals surface area (Å²) < 4.78 is 5.18. The lowest BCUT2D eigenvalue weighted by atomic mass is 9.88. The smallest absolute Gasteiger partial charge is 0.409 e. The van der Waals surface area contributed by atoms with Crippen molar-refractivity contribution >= 4 is 17.9 Å². The second kappa shape index (κ2) is 8.60. The SMILES string of the molecule is CNC(=O)C1CCCOC(=O)N(C)CCC(C)NC(=O)C1C. The zero-order valence-electron chi connectivity index (χ0n) is 13.8. The molecule has 0 spiro atoms. The zero-order chi connectivity index (χ0) is 16.7. The number of hydrogen-bond acceptors (Lipinski definition) is 4. The Morgan fingerprint density at radius 3 is 2.64 bits per heavy atom. The van der Waals surface area contributed by atoms with Crippen LogP contribution in [0.2, 0.25) is 0 Å². The fourth-order valence-corrected chi connectivity index (χ4v) is 2.47. The van der Waals surface area contributed by atoms with Crippen molar-refractivity contribution in [3.8, 4) is 0 Å². The minimum Gasteiger partial charge on any atom is -0.449 e. The van der Waals surface area contributed by atoms with Gasteiger partial charge < -0.3 is 20.3 Å². The van der Waals surface area contributed by atoms with Crippen molar-refractivity contribution in [1.29, 1.82) is 0 Å². The van der Waals surface area contributed by atoms with Gasteiger partial charge in [0.15, 0.2) is 0 Å². The molecule has 7 nitrogen and oxygen atoms in total. The minimum absolute atomic E-state index is 0.0729. The van der Waals surface area contributed by atoms with Gasteiger partial charge in [-0.05, 0) is 26.2 Å². The molecule has 3 unspecified atom stereocenters. The lowest BCUT2D eigenvalue weighted by Crippen LogP contribution is -2.43. The number of nitrogens with one attached hydrogen (secondary N) is 2. The third-order valence-corrected chi connectivity index (χ3v) is 4.08. The van der Waals surface area contributed by atoms with Crippen LogP contribution in [0, 0.1) is 11.8 Å². The Bertz CT molecular complexity index is 414. The van der Waals surface area contributed by atoms with E-state index in [1.54, 1.807) is 21.0 Å². The number of ether oxygens (including phenoxy) is 1. The highest BCUT2D eigenvalue weighted by molar-refractivity contribution is 5.87. The second-order valence-electron chi connectivity index (χ2n) is 5.89. The van der Waals surface area contributed by atoms with Gasteiger partial charge >= 0.3 is 6.09 Å². The fourth-order valence-electron chi connectivity index (χ4n) is 2.47. The first-order chi connectivity index (χ1) is 10.4. The number of nitrogens with zero attached hydrogens (tertiary/aromatic N) is 1. The summed E-state index contributed by atoms with van der Waals surface area (Å²) in [6, 6.07) is -0.0729. The topological polar surface area (TPSA) is 87.7 Å². The predicted molar refractivity (Wildman–Crippen MR) is 82.2 cm³/mol. The first-order valence-corrected chi connectivity index (χ1v) is 7.76. The van der Waals surface area contributed by atoms with E-state index in [0.29, 0.717) is 25.8 Å². The van der Waals surface area contributed by atoms with Gasteiger partial charge in [0, 0.05) is 38.5 Å². The normalized spacial score (nSPS) is 28.5. The summed E-state index contributed by atoms with van der Waals surface area (Å²) in [7, 11) is 3.23. The summed E-state index contributed by atoms with van der Waals surface area (Å²) in [5, 5.41) is 5.52. The van der Waals surface area contributed by atoms with E-state index in [9.17, 15) is 14.4 Å². The van der Waals surface area contributed by atoms with Crippen LogP contribution in [-0.2, 0) is 14.3 Å². The van der Waals surface area contributed by atoms with Crippen LogP contribution in [0.15, 0.2) is 0 Å². The molecule has 1 heterocycles. The number of carbonyl (C=O) groups is 3. The van der Waals surface area contributed by atoms with E-state index in [1.165, 1.54) is 4.90 Å². The Morgan fingerprint density at radius 2 is 2.00 bits per heavy atom. The van der Waals surface area contributed by atoms with Crippen molar-refractivity contribution < 1.29 is 19.1 Å². The van der Waals surface area contributed by atoms with Crippen LogP contribution in [0.1, 0.15) is 33.1 Å². The number of hydrogen-bond donors (Lipinski definition) is 2. The molecule has 22 heavy (non-hydrogen) atoms. The summed E-state index contributed by atoms with van der Waals surface area (Å²) in [5.41, 5.74) is 0. The molecule has 3 atom stereocenters. The van der Waals surface area contributed by atoms with Gasteiger partial charge in [-0.15, -0.1) is 0 Å². The number of carbonyl (C=O) groups excluding carboxylic acids is 3. The van der Waals surface area contributed by atoms with E-state index in [-0.39, 0.29) is 30.6 Å². The third-order valence-electron chi connectivity index (χ3n) is 4.08. The molecule has 1 aliphatic heterocycles. The maximum Gasteiger partial charge on any atom is 0.409 e. The molecule has 126 valence electrons. The third kappa shape index (κ3) is 5.20. The molecule has 1 rings (SSSR count). The molecule has 0 aromatic carbocycles. The Labute approximate surface area is 131 Å². The van der Waals surface area contributed by atoms with E-state index in [0.717, 1.165) is 0 Å². The standard InChI is InChI=1S/C15H27N3O4/c1-10-7-8-18(4)15(21)22-9-5-6-12(14(20)16-3)11(2)13(19)17-10/h10-12H,5-9H2,1-4H3,(H,16,20)(H,17,19). The lowest BCUT2D eigenvalue weighted by Gasteiger charge is -2.23. The van der Waals surface area contributed by atoms with Gasteiger partial charge in [0.1, 0.15) is 0 Å². The van der Waals surface area contributed by atoms with Crippen molar-refractivity contribution in [3.05, 3.63) is 0 Å². The van der Waals surface area contributed by atoms with Crippen LogP contribution < -0.4 is 10.6 Å². The fraction of sp³-hybridized carbons (Fsp3) is 0.800. The van der Waals surface area contributed by atoms with Gasteiger partial charge in [-0.3, -0.25) is 9.59 Å². The first kappa shape index (κ1) is 18.3. The van der Waals surface area contributed by atoms with Crippen LogP contribution in [0.25, 0.3) is 0 Å². The van der Waals surface area contributed by atoms with E-state index in [2.05, 4.69) is 10.6 Å². The number of cyclic esters (lactones) is 1. The van der Waals surface area contributed by atoms with Crippen LogP contribution in [0.4, 0.5) is 4.79 Å². The molecule has 0 aromatic rings. The Balaban J connectivity index is 2.83. The molecule has 1 fully saturated rings. The maximum atomic E-state index is 12.3. The molecule has 1 aliphatic rings. The molecular weight excluding hydrogens is 286 g/mol. The molecule has 7 heteroatoms. The van der Waals surface area contributed by atoms with Gasteiger partial charge in [-0.2, -0.15) is 0 Å². The molecule has 1 saturated heterocycles. The highest BCUT2D eigenvalue weighted by Crippen LogP contribution is 2.19. The van der Waals surface area contributed by atoms with E-state index in [1.807, 2.05) is 6.92 Å². The van der Waals surface area contributed by atoms with Crippen LogP contribution in [0.5, 0.6) is 0 Å². The van der Waals surface area contributed by atoms with E-state index in [4.69, 9.17) is 4.74 Å². The molecule has 2 N–H and O–H groups in total. The Hall–Kier alpha value is -1.79. The van der Waals surface area contributed by atoms with E-state index >= 15 is 0 Å². The quantitative estimate of drug-likeness (QED) is 0.747. The van der Waals surface area contributed by atoms with Gasteiger partial charge in [-0.25, -0.2) is 4.79 Å². The van der Waals surface area contributed by atoms with Crippen molar-refractivity contribution in [2.75, 3.05) is 27.2 Å². The predicted octanol–water partition coefficient (Wildman–Crippen LogP) is 0.742. The average molecular weight is 313 g/mol. The van der Waals surface area contributed by atoms with E-state index < -0.39 is 11.8 Å². The summed E-state index contributed by atoms with van der Waals surface area (Å²) in [6.45, 7) is 4.41. The summed E-state index contributed by atoms with van der Waals surface area (Å²) in [5.74, 6) is -1.13. The van der Waals surface area contributed by atoms with Crippen molar-refractivity contribution in [2.45, 2.75) is 39.2 Å². The molecule has 0 radical (unpaired) electrons. The summed E-state index contributed by atoms with van der Waals surface area (Å²) in [6.07, 6.45) is 1.31. The van der Waals surface area contributed by atoms with Crippen LogP contribution in [0.3, 0.4) is 0 Å². The highest BCUT2D eigenvalue weighted by atomic mass is 16.6. The molecular formula is C15H27N3O4. The average Bonchev–Trinajstić information content (AvgIpc) is 2.50. The van der Waals surface area contributed by atoms with Crippen molar-refractivity contribution in [2.24, 2.45) is 11.8 Å². The van der Waals surface area contributed by atoms with Crippen LogP contribution >= 0.6 is 0 Å². The monoisotopic (exact) mass is 313 g/mol. The van der Waals surface area contributed by atoms with Gasteiger partial charge in [-0.1, -0.05) is 6.92 Å². The molecule has 0 saturated carbocycles. The molecule has 3 amide bonds. The zero-order valence-corrected chi connectivity index (χ0v) is 13.8.